The van der Waals surface area contributed by atoms with Crippen LogP contribution >= 0.6 is 11.3 Å². The molecule has 0 aliphatic heterocycles. The zero-order valence-electron chi connectivity index (χ0n) is 8.81. The standard InChI is InChI=1S/C10H12N2O2S/c1-10(2,3)7-5-12-4-6(8(13)14)11-9(12)15-7/h4-5H,1-3H3,(H,13,14). The highest BCUT2D eigenvalue weighted by Gasteiger charge is 2.19. The Morgan fingerprint density at radius 1 is 1.47 bits per heavy atom. The zero-order valence-corrected chi connectivity index (χ0v) is 9.63. The molecule has 15 heavy (non-hydrogen) atoms. The summed E-state index contributed by atoms with van der Waals surface area (Å²) in [6, 6.07) is 0. The maximum absolute atomic E-state index is 10.7. The van der Waals surface area contributed by atoms with Gasteiger partial charge in [0.05, 0.1) is 0 Å². The molecule has 2 aromatic rings. The molecule has 0 bridgehead atoms. The van der Waals surface area contributed by atoms with Crippen molar-refractivity contribution in [2.24, 2.45) is 0 Å². The topological polar surface area (TPSA) is 54.6 Å². The average Bonchev–Trinajstić information content (AvgIpc) is 2.55. The number of hydrogen-bond donors (Lipinski definition) is 1. The lowest BCUT2D eigenvalue weighted by Crippen LogP contribution is -2.08. The Morgan fingerprint density at radius 2 is 2.13 bits per heavy atom. The predicted octanol–water partition coefficient (Wildman–Crippen LogP) is 2.39. The van der Waals surface area contributed by atoms with Crippen LogP contribution < -0.4 is 0 Å². The molecule has 2 heterocycles. The molecule has 2 rings (SSSR count). The van der Waals surface area contributed by atoms with Gasteiger partial charge in [-0.3, -0.25) is 4.40 Å². The van der Waals surface area contributed by atoms with Gasteiger partial charge in [-0.15, -0.1) is 11.3 Å². The fourth-order valence-electron chi connectivity index (χ4n) is 1.25. The molecule has 1 N–H and O–H groups in total. The average molecular weight is 224 g/mol. The minimum Gasteiger partial charge on any atom is -0.476 e. The van der Waals surface area contributed by atoms with E-state index in [2.05, 4.69) is 25.8 Å². The van der Waals surface area contributed by atoms with Crippen LogP contribution in [-0.4, -0.2) is 20.5 Å². The SMILES string of the molecule is CC(C)(C)c1cn2cc(C(=O)O)nc2s1. The molecule has 0 unspecified atom stereocenters. The molecule has 0 atom stereocenters. The Morgan fingerprint density at radius 3 is 2.60 bits per heavy atom. The van der Waals surface area contributed by atoms with Crippen LogP contribution in [0.2, 0.25) is 0 Å². The number of imidazole rings is 1. The van der Waals surface area contributed by atoms with Gasteiger partial charge in [-0.1, -0.05) is 20.8 Å². The second kappa shape index (κ2) is 3.06. The van der Waals surface area contributed by atoms with E-state index in [1.807, 2.05) is 6.20 Å². The van der Waals surface area contributed by atoms with E-state index < -0.39 is 5.97 Å². The second-order valence-corrected chi connectivity index (χ2v) is 5.48. The van der Waals surface area contributed by atoms with E-state index in [1.165, 1.54) is 16.2 Å². The van der Waals surface area contributed by atoms with Crippen LogP contribution in [-0.2, 0) is 5.41 Å². The number of carboxylic acid groups (broad SMARTS) is 1. The Kier molecular flexibility index (Phi) is 2.08. The quantitative estimate of drug-likeness (QED) is 0.809. The van der Waals surface area contributed by atoms with Gasteiger partial charge in [0, 0.05) is 17.3 Å². The lowest BCUT2D eigenvalue weighted by Gasteiger charge is -2.14. The van der Waals surface area contributed by atoms with Crippen LogP contribution in [0, 0.1) is 0 Å². The van der Waals surface area contributed by atoms with Crippen LogP contribution in [0.15, 0.2) is 12.4 Å². The fourth-order valence-corrected chi connectivity index (χ4v) is 2.27. The molecular formula is C10H12N2O2S. The van der Waals surface area contributed by atoms with E-state index in [-0.39, 0.29) is 11.1 Å². The molecule has 80 valence electrons. The number of nitrogens with zero attached hydrogens (tertiary/aromatic N) is 2. The number of thiazole rings is 1. The van der Waals surface area contributed by atoms with Crippen molar-refractivity contribution in [1.29, 1.82) is 0 Å². The first-order valence-corrected chi connectivity index (χ1v) is 5.42. The summed E-state index contributed by atoms with van der Waals surface area (Å²) >= 11 is 1.53. The summed E-state index contributed by atoms with van der Waals surface area (Å²) in [4.78, 5) is 16.6. The van der Waals surface area contributed by atoms with E-state index in [9.17, 15) is 4.79 Å². The van der Waals surface area contributed by atoms with Crippen molar-refractivity contribution in [3.8, 4) is 0 Å². The van der Waals surface area contributed by atoms with E-state index in [1.54, 1.807) is 10.6 Å². The molecule has 0 aromatic carbocycles. The number of carboxylic acids is 1. The van der Waals surface area contributed by atoms with E-state index >= 15 is 0 Å². The van der Waals surface area contributed by atoms with Crippen molar-refractivity contribution in [3.63, 3.8) is 0 Å². The lowest BCUT2D eigenvalue weighted by molar-refractivity contribution is 0.0691. The second-order valence-electron chi connectivity index (χ2n) is 4.47. The first-order valence-electron chi connectivity index (χ1n) is 4.60. The van der Waals surface area contributed by atoms with Crippen molar-refractivity contribution in [2.45, 2.75) is 26.2 Å². The molecule has 0 radical (unpaired) electrons. The summed E-state index contributed by atoms with van der Waals surface area (Å²) in [6.07, 6.45) is 3.49. The van der Waals surface area contributed by atoms with Crippen molar-refractivity contribution in [2.75, 3.05) is 0 Å². The van der Waals surface area contributed by atoms with Crippen molar-refractivity contribution in [1.82, 2.24) is 9.38 Å². The molecule has 0 saturated carbocycles. The number of rotatable bonds is 1. The monoisotopic (exact) mass is 224 g/mol. The minimum atomic E-state index is -0.983. The summed E-state index contributed by atoms with van der Waals surface area (Å²) in [6.45, 7) is 6.36. The Balaban J connectivity index is 2.52. The number of carbonyl (C=O) groups is 1. The Hall–Kier alpha value is -1.36. The van der Waals surface area contributed by atoms with E-state index in [4.69, 9.17) is 5.11 Å². The minimum absolute atomic E-state index is 0.0781. The third kappa shape index (κ3) is 1.74. The maximum Gasteiger partial charge on any atom is 0.356 e. The first kappa shape index (κ1) is 10.2. The van der Waals surface area contributed by atoms with Crippen molar-refractivity contribution in [3.05, 3.63) is 23.0 Å². The van der Waals surface area contributed by atoms with Crippen molar-refractivity contribution < 1.29 is 9.90 Å². The molecular weight excluding hydrogens is 212 g/mol. The van der Waals surface area contributed by atoms with Crippen LogP contribution in [0.5, 0.6) is 0 Å². The Labute approximate surface area is 91.2 Å². The van der Waals surface area contributed by atoms with Gasteiger partial charge in [0.25, 0.3) is 0 Å². The van der Waals surface area contributed by atoms with E-state index in [0.29, 0.717) is 0 Å². The summed E-state index contributed by atoms with van der Waals surface area (Å²) in [5.74, 6) is -0.983. The highest BCUT2D eigenvalue weighted by Crippen LogP contribution is 2.29. The zero-order chi connectivity index (χ0) is 11.2. The molecule has 4 nitrogen and oxygen atoms in total. The first-order chi connectivity index (χ1) is 6.88. The maximum atomic E-state index is 10.7. The largest absolute Gasteiger partial charge is 0.476 e. The lowest BCUT2D eigenvalue weighted by atomic mass is 9.96. The van der Waals surface area contributed by atoms with E-state index in [0.717, 1.165) is 4.96 Å². The third-order valence-corrected chi connectivity index (χ3v) is 3.54. The van der Waals surface area contributed by atoms with Gasteiger partial charge in [-0.2, -0.15) is 0 Å². The molecule has 5 heteroatoms. The van der Waals surface area contributed by atoms with Crippen LogP contribution in [0.1, 0.15) is 36.1 Å². The molecule has 0 fully saturated rings. The van der Waals surface area contributed by atoms with Crippen LogP contribution in [0.25, 0.3) is 4.96 Å². The van der Waals surface area contributed by atoms with Gasteiger partial charge < -0.3 is 5.11 Å². The summed E-state index contributed by atoms with van der Waals surface area (Å²) in [5.41, 5.74) is 0.177. The van der Waals surface area contributed by atoms with Crippen molar-refractivity contribution >= 4 is 22.3 Å². The van der Waals surface area contributed by atoms with Gasteiger partial charge in [0.15, 0.2) is 10.7 Å². The summed E-state index contributed by atoms with van der Waals surface area (Å²) in [5, 5.41) is 8.76. The summed E-state index contributed by atoms with van der Waals surface area (Å²) < 4.78 is 1.77. The molecule has 0 aliphatic rings. The molecule has 0 saturated heterocycles. The molecule has 0 spiro atoms. The normalized spacial score (nSPS) is 12.2. The highest BCUT2D eigenvalue weighted by molar-refractivity contribution is 7.17. The Bertz CT molecular complexity index is 487. The smallest absolute Gasteiger partial charge is 0.356 e. The van der Waals surface area contributed by atoms with Gasteiger partial charge in [0.2, 0.25) is 0 Å². The number of aromatic carboxylic acids is 1. The van der Waals surface area contributed by atoms with Gasteiger partial charge in [-0.05, 0) is 5.41 Å². The number of fused-ring (bicyclic) bond motifs is 1. The van der Waals surface area contributed by atoms with Gasteiger partial charge in [0.1, 0.15) is 0 Å². The molecule has 0 amide bonds. The van der Waals surface area contributed by atoms with Crippen LogP contribution in [0.4, 0.5) is 0 Å². The highest BCUT2D eigenvalue weighted by atomic mass is 32.1. The number of aromatic nitrogens is 2. The predicted molar refractivity (Wildman–Crippen MR) is 58.7 cm³/mol. The van der Waals surface area contributed by atoms with Crippen LogP contribution in [0.3, 0.4) is 0 Å². The van der Waals surface area contributed by atoms with Gasteiger partial charge >= 0.3 is 5.97 Å². The third-order valence-electron chi connectivity index (χ3n) is 2.11. The van der Waals surface area contributed by atoms with Gasteiger partial charge in [-0.25, -0.2) is 9.78 Å². The number of hydrogen-bond acceptors (Lipinski definition) is 3. The molecule has 2 aromatic heterocycles. The summed E-state index contributed by atoms with van der Waals surface area (Å²) in [7, 11) is 0. The fraction of sp³-hybridized carbons (Fsp3) is 0.400. The molecule has 0 aliphatic carbocycles.